The molecule has 0 unspecified atom stereocenters. The number of aromatic nitrogens is 1. The summed E-state index contributed by atoms with van der Waals surface area (Å²) in [4.78, 5) is 43.4. The lowest BCUT2D eigenvalue weighted by molar-refractivity contribution is -0.145. The van der Waals surface area contributed by atoms with E-state index in [9.17, 15) is 14.4 Å². The highest BCUT2D eigenvalue weighted by atomic mass is 32.1. The van der Waals surface area contributed by atoms with Gasteiger partial charge in [0.05, 0.1) is 35.1 Å². The molecule has 1 aliphatic heterocycles. The number of fused-ring (bicyclic) bond motifs is 1. The van der Waals surface area contributed by atoms with E-state index in [1.807, 2.05) is 36.4 Å². The summed E-state index contributed by atoms with van der Waals surface area (Å²) in [7, 11) is 0. The Morgan fingerprint density at radius 1 is 1.03 bits per heavy atom. The molecule has 1 aromatic heterocycles. The van der Waals surface area contributed by atoms with Gasteiger partial charge in [-0.05, 0) is 38.5 Å². The number of hydrogen-bond acceptors (Lipinski definition) is 8. The molecule has 0 bridgehead atoms. The van der Waals surface area contributed by atoms with Crippen LogP contribution in [0, 0.1) is 0 Å². The van der Waals surface area contributed by atoms with Gasteiger partial charge in [-0.25, -0.2) is 14.6 Å². The second-order valence-corrected chi connectivity index (χ2v) is 8.85. The minimum Gasteiger partial charge on any atom is -0.481 e. The molecule has 2 heterocycles. The average Bonchev–Trinajstić information content (AvgIpc) is 3.17. The van der Waals surface area contributed by atoms with Gasteiger partial charge in [-0.3, -0.25) is 9.36 Å². The Morgan fingerprint density at radius 2 is 1.72 bits per heavy atom. The normalized spacial score (nSPS) is 15.2. The molecule has 0 aliphatic carbocycles. The largest absolute Gasteiger partial charge is 0.481 e. The molecule has 0 fully saturated rings. The monoisotopic (exact) mass is 506 g/mol. The van der Waals surface area contributed by atoms with E-state index < -0.39 is 18.0 Å². The Hall–Kier alpha value is -3.98. The highest BCUT2D eigenvalue weighted by molar-refractivity contribution is 7.07. The van der Waals surface area contributed by atoms with Gasteiger partial charge in [0.2, 0.25) is 0 Å². The number of nitrogens with zero attached hydrogens (tertiary/aromatic N) is 2. The molecule has 0 N–H and O–H groups in total. The minimum absolute atomic E-state index is 0.212. The molecule has 0 spiro atoms. The fraction of sp³-hybridized carbons (Fsp3) is 0.259. The van der Waals surface area contributed by atoms with E-state index in [2.05, 4.69) is 4.99 Å². The highest BCUT2D eigenvalue weighted by Gasteiger charge is 2.33. The predicted octanol–water partition coefficient (Wildman–Crippen LogP) is 2.74. The molecule has 0 saturated carbocycles. The lowest BCUT2D eigenvalue weighted by atomic mass is 9.96. The zero-order chi connectivity index (χ0) is 25.7. The summed E-state index contributed by atoms with van der Waals surface area (Å²) in [6.07, 6.45) is 1.70. The van der Waals surface area contributed by atoms with Crippen molar-refractivity contribution in [3.05, 3.63) is 96.7 Å². The molecule has 0 saturated heterocycles. The third-order valence-electron chi connectivity index (χ3n) is 5.49. The maximum absolute atomic E-state index is 13.7. The Labute approximate surface area is 211 Å². The van der Waals surface area contributed by atoms with Crippen LogP contribution in [0.1, 0.15) is 37.9 Å². The minimum atomic E-state index is -0.668. The second kappa shape index (κ2) is 11.2. The second-order valence-electron chi connectivity index (χ2n) is 7.84. The lowest BCUT2D eigenvalue weighted by Gasteiger charge is -2.24. The molecule has 4 rings (SSSR count). The molecule has 3 aromatic rings. The van der Waals surface area contributed by atoms with E-state index in [-0.39, 0.29) is 25.4 Å². The van der Waals surface area contributed by atoms with Crippen molar-refractivity contribution in [3.63, 3.8) is 0 Å². The molecular weight excluding hydrogens is 480 g/mol. The first-order chi connectivity index (χ1) is 17.4. The van der Waals surface area contributed by atoms with E-state index >= 15 is 0 Å². The number of carbonyl (C=O) groups is 2. The molecule has 0 radical (unpaired) electrons. The molecule has 9 heteroatoms. The van der Waals surface area contributed by atoms with Crippen LogP contribution >= 0.6 is 11.3 Å². The van der Waals surface area contributed by atoms with Crippen LogP contribution in [0.3, 0.4) is 0 Å². The summed E-state index contributed by atoms with van der Waals surface area (Å²) in [6.45, 7) is 5.45. The van der Waals surface area contributed by atoms with Gasteiger partial charge >= 0.3 is 11.9 Å². The van der Waals surface area contributed by atoms with Crippen LogP contribution in [0.4, 0.5) is 0 Å². The first kappa shape index (κ1) is 25.1. The third kappa shape index (κ3) is 5.16. The van der Waals surface area contributed by atoms with Crippen molar-refractivity contribution < 1.29 is 23.8 Å². The lowest BCUT2D eigenvalue weighted by Crippen LogP contribution is -2.39. The fourth-order valence-corrected chi connectivity index (χ4v) is 4.99. The number of thiazole rings is 1. The maximum Gasteiger partial charge on any atom is 0.344 e. The van der Waals surface area contributed by atoms with Crippen LogP contribution in [-0.4, -0.2) is 36.3 Å². The number of esters is 2. The molecule has 1 atom stereocenters. The fourth-order valence-electron chi connectivity index (χ4n) is 3.95. The summed E-state index contributed by atoms with van der Waals surface area (Å²) in [5, 5.41) is 0. The Bertz CT molecular complexity index is 1490. The van der Waals surface area contributed by atoms with E-state index in [1.165, 1.54) is 15.9 Å². The van der Waals surface area contributed by atoms with Crippen molar-refractivity contribution in [2.75, 3.05) is 19.8 Å². The third-order valence-corrected chi connectivity index (χ3v) is 6.47. The highest BCUT2D eigenvalue weighted by Crippen LogP contribution is 2.30. The summed E-state index contributed by atoms with van der Waals surface area (Å²) in [6, 6.07) is 15.8. The standard InChI is InChI=1S/C27H26N2O6S/c1-4-33-22(30)16-35-20-14-10-9-13-19(20)15-21-25(31)29-24(18-11-7-6-8-12-18)23(26(32)34-5-2)17(3)28-27(29)36-21/h6-15,24H,4-5,16H2,1-3H3/b21-15-/t24-/m1/s1. The smallest absolute Gasteiger partial charge is 0.344 e. The maximum atomic E-state index is 13.7. The van der Waals surface area contributed by atoms with Gasteiger partial charge < -0.3 is 14.2 Å². The summed E-state index contributed by atoms with van der Waals surface area (Å²) in [5.41, 5.74) is 1.96. The molecule has 1 aliphatic rings. The Balaban J connectivity index is 1.83. The molecule has 36 heavy (non-hydrogen) atoms. The van der Waals surface area contributed by atoms with Crippen LogP contribution in [0.25, 0.3) is 6.08 Å². The van der Waals surface area contributed by atoms with Crippen LogP contribution in [0.15, 0.2) is 75.7 Å². The quantitative estimate of drug-likeness (QED) is 0.436. The van der Waals surface area contributed by atoms with Crippen molar-refractivity contribution in [2.24, 2.45) is 4.99 Å². The number of ether oxygens (including phenoxy) is 3. The Morgan fingerprint density at radius 3 is 2.44 bits per heavy atom. The molecule has 8 nitrogen and oxygen atoms in total. The van der Waals surface area contributed by atoms with Crippen molar-refractivity contribution in [2.45, 2.75) is 26.8 Å². The molecule has 0 amide bonds. The van der Waals surface area contributed by atoms with E-state index in [0.29, 0.717) is 31.9 Å². The van der Waals surface area contributed by atoms with Crippen molar-refractivity contribution in [1.29, 1.82) is 0 Å². The zero-order valence-electron chi connectivity index (χ0n) is 20.2. The summed E-state index contributed by atoms with van der Waals surface area (Å²) < 4.78 is 17.8. The number of rotatable bonds is 8. The SMILES string of the molecule is CCOC(=O)COc1ccccc1/C=c1\sc2n(c1=O)[C@H](c1ccccc1)C(C(=O)OCC)=C(C)N=2. The van der Waals surface area contributed by atoms with Gasteiger partial charge in [-0.1, -0.05) is 59.9 Å². The van der Waals surface area contributed by atoms with Crippen LogP contribution in [0.2, 0.25) is 0 Å². The average molecular weight is 507 g/mol. The first-order valence-electron chi connectivity index (χ1n) is 11.6. The van der Waals surface area contributed by atoms with Crippen LogP contribution in [0.5, 0.6) is 5.75 Å². The Kier molecular flexibility index (Phi) is 7.80. The number of hydrogen-bond donors (Lipinski definition) is 0. The summed E-state index contributed by atoms with van der Waals surface area (Å²) in [5.74, 6) is -0.532. The zero-order valence-corrected chi connectivity index (χ0v) is 21.0. The molecule has 186 valence electrons. The van der Waals surface area contributed by atoms with Gasteiger partial charge in [0.15, 0.2) is 11.4 Å². The van der Waals surface area contributed by atoms with Crippen molar-refractivity contribution in [3.8, 4) is 5.75 Å². The van der Waals surface area contributed by atoms with E-state index in [0.717, 1.165) is 5.56 Å². The number of allylic oxidation sites excluding steroid dienone is 1. The van der Waals surface area contributed by atoms with Crippen LogP contribution in [-0.2, 0) is 19.1 Å². The van der Waals surface area contributed by atoms with Crippen LogP contribution < -0.4 is 19.6 Å². The van der Waals surface area contributed by atoms with E-state index in [4.69, 9.17) is 14.2 Å². The van der Waals surface area contributed by atoms with Gasteiger partial charge in [-0.15, -0.1) is 0 Å². The first-order valence-corrected chi connectivity index (χ1v) is 12.4. The van der Waals surface area contributed by atoms with Crippen molar-refractivity contribution >= 4 is 29.4 Å². The number of carbonyl (C=O) groups excluding carboxylic acids is 2. The summed E-state index contributed by atoms with van der Waals surface area (Å²) >= 11 is 1.22. The van der Waals surface area contributed by atoms with E-state index in [1.54, 1.807) is 45.0 Å². The number of benzene rings is 2. The van der Waals surface area contributed by atoms with Gasteiger partial charge in [0, 0.05) is 5.56 Å². The van der Waals surface area contributed by atoms with Crippen molar-refractivity contribution in [1.82, 2.24) is 4.57 Å². The van der Waals surface area contributed by atoms with Gasteiger partial charge in [0.25, 0.3) is 5.56 Å². The topological polar surface area (TPSA) is 96.2 Å². The molecular formula is C27H26N2O6S. The van der Waals surface area contributed by atoms with Gasteiger partial charge in [-0.2, -0.15) is 0 Å². The molecule has 2 aromatic carbocycles. The van der Waals surface area contributed by atoms with Gasteiger partial charge in [0.1, 0.15) is 5.75 Å². The predicted molar refractivity (Wildman–Crippen MR) is 135 cm³/mol. The number of para-hydroxylation sites is 1.